The van der Waals surface area contributed by atoms with Gasteiger partial charge in [-0.05, 0) is 47.0 Å². The molecule has 2 nitrogen and oxygen atoms in total. The van der Waals surface area contributed by atoms with Crippen LogP contribution in [0.1, 0.15) is 47.0 Å². The van der Waals surface area contributed by atoms with Crippen molar-refractivity contribution in [1.29, 1.82) is 0 Å². The summed E-state index contributed by atoms with van der Waals surface area (Å²) in [6.07, 6.45) is 7.20. The minimum atomic E-state index is -0.0732. The molecule has 1 heterocycles. The number of rotatable bonds is 5. The Labute approximate surface area is 114 Å². The van der Waals surface area contributed by atoms with Crippen molar-refractivity contribution < 1.29 is 9.90 Å². The number of thioether (sulfide) groups is 1. The minimum absolute atomic E-state index is 0.00749. The van der Waals surface area contributed by atoms with E-state index in [1.807, 2.05) is 0 Å². The highest BCUT2D eigenvalue weighted by atomic mass is 32.2. The zero-order chi connectivity index (χ0) is 13.7. The molecule has 0 saturated carbocycles. The van der Waals surface area contributed by atoms with E-state index in [4.69, 9.17) is 0 Å². The van der Waals surface area contributed by atoms with Crippen LogP contribution in [-0.2, 0) is 4.79 Å². The normalized spacial score (nSPS) is 20.6. The molecule has 100 valence electrons. The summed E-state index contributed by atoms with van der Waals surface area (Å²) in [7, 11) is 0. The van der Waals surface area contributed by atoms with E-state index in [0.717, 1.165) is 19.3 Å². The fourth-order valence-electron chi connectivity index (χ4n) is 1.78. The van der Waals surface area contributed by atoms with Gasteiger partial charge in [0.1, 0.15) is 5.76 Å². The molecule has 1 rings (SSSR count). The molecule has 18 heavy (non-hydrogen) atoms. The predicted molar refractivity (Wildman–Crippen MR) is 78.8 cm³/mol. The maximum Gasteiger partial charge on any atom is 0.219 e. The SMILES string of the molecule is CC(C)=CCC/C(C)=C/CC1SC(=O)C(C)=C1O. The molecule has 0 fully saturated rings. The molecular formula is C15H22O2S. The molecule has 0 aromatic carbocycles. The number of allylic oxidation sites excluding steroid dienone is 4. The second kappa shape index (κ2) is 6.83. The third-order valence-corrected chi connectivity index (χ3v) is 4.24. The highest BCUT2D eigenvalue weighted by molar-refractivity contribution is 8.15. The Morgan fingerprint density at radius 2 is 2.00 bits per heavy atom. The van der Waals surface area contributed by atoms with Crippen molar-refractivity contribution in [2.45, 2.75) is 52.2 Å². The van der Waals surface area contributed by atoms with Crippen LogP contribution in [0.25, 0.3) is 0 Å². The molecule has 0 aromatic heterocycles. The summed E-state index contributed by atoms with van der Waals surface area (Å²) in [4.78, 5) is 11.4. The summed E-state index contributed by atoms with van der Waals surface area (Å²) in [5.74, 6) is 0.262. The van der Waals surface area contributed by atoms with Crippen LogP contribution in [0.2, 0.25) is 0 Å². The van der Waals surface area contributed by atoms with Gasteiger partial charge >= 0.3 is 0 Å². The van der Waals surface area contributed by atoms with Crippen LogP contribution in [0, 0.1) is 0 Å². The van der Waals surface area contributed by atoms with Crippen LogP contribution >= 0.6 is 11.8 Å². The number of carbonyl (C=O) groups is 1. The van der Waals surface area contributed by atoms with Crippen molar-refractivity contribution in [2.24, 2.45) is 0 Å². The van der Waals surface area contributed by atoms with Crippen molar-refractivity contribution in [2.75, 3.05) is 0 Å². The van der Waals surface area contributed by atoms with Crippen LogP contribution in [0.4, 0.5) is 0 Å². The molecule has 1 unspecified atom stereocenters. The van der Waals surface area contributed by atoms with Gasteiger partial charge in [0, 0.05) is 5.57 Å². The summed E-state index contributed by atoms with van der Waals surface area (Å²) >= 11 is 1.23. The van der Waals surface area contributed by atoms with Gasteiger partial charge in [0.25, 0.3) is 0 Å². The Bertz CT molecular complexity index is 412. The third-order valence-electron chi connectivity index (χ3n) is 3.02. The Hall–Kier alpha value is -0.960. The quantitative estimate of drug-likeness (QED) is 0.742. The zero-order valence-electron chi connectivity index (χ0n) is 11.6. The first-order chi connectivity index (χ1) is 8.41. The maximum absolute atomic E-state index is 11.4. The number of hydrogen-bond acceptors (Lipinski definition) is 3. The third kappa shape index (κ3) is 4.37. The van der Waals surface area contributed by atoms with Gasteiger partial charge in [-0.3, -0.25) is 4.79 Å². The van der Waals surface area contributed by atoms with Crippen molar-refractivity contribution in [3.05, 3.63) is 34.6 Å². The molecule has 0 bridgehead atoms. The molecule has 1 aliphatic rings. The first kappa shape index (κ1) is 15.1. The molecule has 1 aliphatic heterocycles. The van der Waals surface area contributed by atoms with E-state index in [1.54, 1.807) is 6.92 Å². The fraction of sp³-hybridized carbons (Fsp3) is 0.533. The van der Waals surface area contributed by atoms with Gasteiger partial charge in [-0.2, -0.15) is 0 Å². The fourth-order valence-corrected chi connectivity index (χ4v) is 2.80. The summed E-state index contributed by atoms with van der Waals surface area (Å²) in [5, 5.41) is 9.72. The van der Waals surface area contributed by atoms with Gasteiger partial charge in [-0.15, -0.1) is 0 Å². The first-order valence-electron chi connectivity index (χ1n) is 6.31. The lowest BCUT2D eigenvalue weighted by atomic mass is 10.1. The van der Waals surface area contributed by atoms with Crippen LogP contribution in [-0.4, -0.2) is 15.5 Å². The van der Waals surface area contributed by atoms with Crippen molar-refractivity contribution in [1.82, 2.24) is 0 Å². The summed E-state index contributed by atoms with van der Waals surface area (Å²) < 4.78 is 0. The van der Waals surface area contributed by atoms with Gasteiger partial charge in [-0.1, -0.05) is 35.1 Å². The second-order valence-corrected chi connectivity index (χ2v) is 6.19. The summed E-state index contributed by atoms with van der Waals surface area (Å²) in [6.45, 7) is 8.00. The topological polar surface area (TPSA) is 37.3 Å². The molecular weight excluding hydrogens is 244 g/mol. The highest BCUT2D eigenvalue weighted by Gasteiger charge is 2.29. The van der Waals surface area contributed by atoms with Gasteiger partial charge in [0.05, 0.1) is 5.25 Å². The van der Waals surface area contributed by atoms with Gasteiger partial charge < -0.3 is 5.11 Å². The van der Waals surface area contributed by atoms with Gasteiger partial charge in [0.15, 0.2) is 0 Å². The van der Waals surface area contributed by atoms with Crippen LogP contribution in [0.3, 0.4) is 0 Å². The molecule has 0 aromatic rings. The summed E-state index contributed by atoms with van der Waals surface area (Å²) in [5.41, 5.74) is 3.18. The van der Waals surface area contributed by atoms with Crippen molar-refractivity contribution in [3.63, 3.8) is 0 Å². The lowest BCUT2D eigenvalue weighted by molar-refractivity contribution is -0.107. The highest BCUT2D eigenvalue weighted by Crippen LogP contribution is 2.34. The Kier molecular flexibility index (Phi) is 5.73. The lowest BCUT2D eigenvalue weighted by Crippen LogP contribution is -2.01. The van der Waals surface area contributed by atoms with E-state index in [-0.39, 0.29) is 16.1 Å². The van der Waals surface area contributed by atoms with E-state index in [1.165, 1.54) is 22.9 Å². The number of aliphatic hydroxyl groups is 1. The first-order valence-corrected chi connectivity index (χ1v) is 7.19. The van der Waals surface area contributed by atoms with E-state index in [2.05, 4.69) is 32.9 Å². The van der Waals surface area contributed by atoms with E-state index in [9.17, 15) is 9.90 Å². The van der Waals surface area contributed by atoms with E-state index >= 15 is 0 Å². The molecule has 0 radical (unpaired) electrons. The number of aliphatic hydroxyl groups excluding tert-OH is 1. The van der Waals surface area contributed by atoms with Gasteiger partial charge in [0.2, 0.25) is 5.12 Å². The lowest BCUT2D eigenvalue weighted by Gasteiger charge is -2.06. The van der Waals surface area contributed by atoms with E-state index < -0.39 is 0 Å². The van der Waals surface area contributed by atoms with Crippen LogP contribution in [0.15, 0.2) is 34.6 Å². The molecule has 0 saturated heterocycles. The molecule has 0 aliphatic carbocycles. The minimum Gasteiger partial charge on any atom is -0.511 e. The van der Waals surface area contributed by atoms with E-state index in [0.29, 0.717) is 5.57 Å². The average Bonchev–Trinajstić information content (AvgIpc) is 2.54. The molecule has 0 amide bonds. The van der Waals surface area contributed by atoms with Crippen molar-refractivity contribution >= 4 is 16.9 Å². The standard InChI is InChI=1S/C15H22O2S/c1-10(2)6-5-7-11(3)8-9-13-14(16)12(4)15(17)18-13/h6,8,13,16H,5,7,9H2,1-4H3/b11-8+. The number of carbonyl (C=O) groups excluding carboxylic acids is 1. The van der Waals surface area contributed by atoms with Crippen LogP contribution in [0.5, 0.6) is 0 Å². The molecule has 0 spiro atoms. The van der Waals surface area contributed by atoms with Gasteiger partial charge in [-0.25, -0.2) is 0 Å². The summed E-state index contributed by atoms with van der Waals surface area (Å²) in [6, 6.07) is 0. The number of hydrogen-bond donors (Lipinski definition) is 1. The van der Waals surface area contributed by atoms with Crippen molar-refractivity contribution in [3.8, 4) is 0 Å². The predicted octanol–water partition coefficient (Wildman–Crippen LogP) is 4.54. The smallest absolute Gasteiger partial charge is 0.219 e. The Morgan fingerprint density at radius 1 is 1.33 bits per heavy atom. The molecule has 3 heteroatoms. The Morgan fingerprint density at radius 3 is 2.50 bits per heavy atom. The zero-order valence-corrected chi connectivity index (χ0v) is 12.4. The largest absolute Gasteiger partial charge is 0.511 e. The molecule has 1 N–H and O–H groups in total. The average molecular weight is 266 g/mol. The maximum atomic E-state index is 11.4. The monoisotopic (exact) mass is 266 g/mol. The Balaban J connectivity index is 2.45. The molecule has 1 atom stereocenters. The van der Waals surface area contributed by atoms with Crippen LogP contribution < -0.4 is 0 Å². The second-order valence-electron chi connectivity index (χ2n) is 5.01.